The summed E-state index contributed by atoms with van der Waals surface area (Å²) in [7, 11) is 0. The summed E-state index contributed by atoms with van der Waals surface area (Å²) in [6.45, 7) is 7.68. The summed E-state index contributed by atoms with van der Waals surface area (Å²) in [4.78, 5) is 4.56. The van der Waals surface area contributed by atoms with Crippen LogP contribution in [0.1, 0.15) is 44.3 Å². The molecule has 0 saturated heterocycles. The Hall–Kier alpha value is -0.410. The maximum absolute atomic E-state index is 4.56. The first-order chi connectivity index (χ1) is 7.30. The van der Waals surface area contributed by atoms with Crippen LogP contribution in [0.3, 0.4) is 0 Å². The highest BCUT2D eigenvalue weighted by Crippen LogP contribution is 2.10. The van der Waals surface area contributed by atoms with E-state index in [9.17, 15) is 0 Å². The van der Waals surface area contributed by atoms with Crippen molar-refractivity contribution in [1.82, 2.24) is 10.3 Å². The molecule has 0 spiro atoms. The summed E-state index contributed by atoms with van der Waals surface area (Å²) in [5, 5.41) is 7.00. The van der Waals surface area contributed by atoms with E-state index in [4.69, 9.17) is 0 Å². The molecule has 1 N–H and O–H groups in total. The molecule has 2 nitrogen and oxygen atoms in total. The van der Waals surface area contributed by atoms with Crippen molar-refractivity contribution in [3.8, 4) is 0 Å². The Balaban J connectivity index is 2.25. The van der Waals surface area contributed by atoms with Gasteiger partial charge in [0.2, 0.25) is 0 Å². The predicted molar refractivity (Wildman–Crippen MR) is 67.6 cm³/mol. The van der Waals surface area contributed by atoms with Crippen molar-refractivity contribution < 1.29 is 0 Å². The molecule has 0 bridgehead atoms. The van der Waals surface area contributed by atoms with E-state index in [1.165, 1.54) is 23.5 Å². The number of aryl methyl sites for hydroxylation is 1. The number of thiazole rings is 1. The monoisotopic (exact) mass is 226 g/mol. The van der Waals surface area contributed by atoms with Crippen molar-refractivity contribution in [3.63, 3.8) is 0 Å². The molecular formula is C12H22N2S. The molecule has 3 heteroatoms. The van der Waals surface area contributed by atoms with Crippen molar-refractivity contribution in [1.29, 1.82) is 0 Å². The molecule has 0 aliphatic heterocycles. The minimum atomic E-state index is 0.675. The van der Waals surface area contributed by atoms with Gasteiger partial charge in [0, 0.05) is 24.4 Å². The van der Waals surface area contributed by atoms with E-state index in [1.54, 1.807) is 11.3 Å². The molecule has 0 amide bonds. The van der Waals surface area contributed by atoms with E-state index in [1.807, 2.05) is 0 Å². The standard InChI is InChI=1S/C12H22N2S/c1-4-10(5-2)13-8-7-11-9-15-12(6-3)14-11/h9-10,13H,4-8H2,1-3H3. The van der Waals surface area contributed by atoms with Gasteiger partial charge in [-0.3, -0.25) is 0 Å². The van der Waals surface area contributed by atoms with Crippen LogP contribution in [0.15, 0.2) is 5.38 Å². The van der Waals surface area contributed by atoms with Gasteiger partial charge in [-0.25, -0.2) is 4.98 Å². The van der Waals surface area contributed by atoms with Crippen molar-refractivity contribution >= 4 is 11.3 Å². The average Bonchev–Trinajstić information content (AvgIpc) is 2.72. The van der Waals surface area contributed by atoms with Crippen molar-refractivity contribution in [2.75, 3.05) is 6.54 Å². The Bertz CT molecular complexity index is 266. The first-order valence-electron chi connectivity index (χ1n) is 5.96. The number of rotatable bonds is 7. The molecule has 0 fully saturated rings. The van der Waals surface area contributed by atoms with E-state index >= 15 is 0 Å². The van der Waals surface area contributed by atoms with Gasteiger partial charge in [-0.15, -0.1) is 11.3 Å². The van der Waals surface area contributed by atoms with E-state index < -0.39 is 0 Å². The molecule has 0 radical (unpaired) electrons. The summed E-state index contributed by atoms with van der Waals surface area (Å²) < 4.78 is 0. The van der Waals surface area contributed by atoms with Crippen LogP contribution in [-0.4, -0.2) is 17.6 Å². The van der Waals surface area contributed by atoms with Crippen LogP contribution in [0.5, 0.6) is 0 Å². The first kappa shape index (κ1) is 12.7. The summed E-state index contributed by atoms with van der Waals surface area (Å²) in [5.74, 6) is 0. The summed E-state index contributed by atoms with van der Waals surface area (Å²) in [6.07, 6.45) is 4.55. The van der Waals surface area contributed by atoms with Gasteiger partial charge < -0.3 is 5.32 Å². The lowest BCUT2D eigenvalue weighted by Gasteiger charge is -2.13. The van der Waals surface area contributed by atoms with E-state index in [-0.39, 0.29) is 0 Å². The van der Waals surface area contributed by atoms with Gasteiger partial charge in [0.25, 0.3) is 0 Å². The Labute approximate surface area is 97.1 Å². The van der Waals surface area contributed by atoms with Gasteiger partial charge in [-0.2, -0.15) is 0 Å². The maximum atomic E-state index is 4.56. The molecule has 0 unspecified atom stereocenters. The third-order valence-electron chi connectivity index (χ3n) is 2.70. The molecule has 1 rings (SSSR count). The topological polar surface area (TPSA) is 24.9 Å². The molecule has 1 aromatic heterocycles. The second-order valence-corrected chi connectivity index (χ2v) is 4.75. The van der Waals surface area contributed by atoms with Gasteiger partial charge in [-0.1, -0.05) is 20.8 Å². The summed E-state index contributed by atoms with van der Waals surface area (Å²) >= 11 is 1.78. The summed E-state index contributed by atoms with van der Waals surface area (Å²) in [6, 6.07) is 0.675. The molecule has 86 valence electrons. The first-order valence-corrected chi connectivity index (χ1v) is 6.84. The van der Waals surface area contributed by atoms with E-state index in [0.29, 0.717) is 6.04 Å². The van der Waals surface area contributed by atoms with Crippen LogP contribution in [0.4, 0.5) is 0 Å². The zero-order chi connectivity index (χ0) is 11.1. The Kier molecular flexibility index (Phi) is 5.88. The Morgan fingerprint density at radius 1 is 1.33 bits per heavy atom. The lowest BCUT2D eigenvalue weighted by molar-refractivity contribution is 0.487. The number of nitrogens with zero attached hydrogens (tertiary/aromatic N) is 1. The van der Waals surface area contributed by atoms with Crippen LogP contribution in [-0.2, 0) is 12.8 Å². The number of nitrogens with one attached hydrogen (secondary N) is 1. The minimum absolute atomic E-state index is 0.675. The fraction of sp³-hybridized carbons (Fsp3) is 0.750. The van der Waals surface area contributed by atoms with E-state index in [0.717, 1.165) is 19.4 Å². The van der Waals surface area contributed by atoms with Crippen molar-refractivity contribution in [2.45, 2.75) is 52.5 Å². The molecule has 0 saturated carbocycles. The van der Waals surface area contributed by atoms with Gasteiger partial charge in [-0.05, 0) is 19.3 Å². The lowest BCUT2D eigenvalue weighted by atomic mass is 10.1. The SMILES string of the molecule is CCc1nc(CCNC(CC)CC)cs1. The quantitative estimate of drug-likeness (QED) is 0.773. The zero-order valence-corrected chi connectivity index (χ0v) is 10.9. The normalized spacial score (nSPS) is 11.2. The minimum Gasteiger partial charge on any atom is -0.314 e. The molecule has 0 aromatic carbocycles. The molecular weight excluding hydrogens is 204 g/mol. The Morgan fingerprint density at radius 3 is 2.60 bits per heavy atom. The predicted octanol–water partition coefficient (Wildman–Crippen LogP) is 3.03. The van der Waals surface area contributed by atoms with Crippen LogP contribution in [0.25, 0.3) is 0 Å². The van der Waals surface area contributed by atoms with E-state index in [2.05, 4.69) is 36.5 Å². The lowest BCUT2D eigenvalue weighted by Crippen LogP contribution is -2.29. The molecule has 0 atom stereocenters. The maximum Gasteiger partial charge on any atom is 0.0925 e. The zero-order valence-electron chi connectivity index (χ0n) is 10.0. The largest absolute Gasteiger partial charge is 0.314 e. The average molecular weight is 226 g/mol. The second kappa shape index (κ2) is 6.96. The van der Waals surface area contributed by atoms with Crippen LogP contribution in [0.2, 0.25) is 0 Å². The second-order valence-electron chi connectivity index (χ2n) is 3.80. The fourth-order valence-electron chi connectivity index (χ4n) is 1.61. The molecule has 0 aliphatic rings. The molecule has 1 aromatic rings. The third-order valence-corrected chi connectivity index (χ3v) is 3.74. The molecule has 15 heavy (non-hydrogen) atoms. The van der Waals surface area contributed by atoms with Gasteiger partial charge in [0.05, 0.1) is 10.7 Å². The fourth-order valence-corrected chi connectivity index (χ4v) is 2.39. The van der Waals surface area contributed by atoms with Gasteiger partial charge >= 0.3 is 0 Å². The highest BCUT2D eigenvalue weighted by Gasteiger charge is 2.03. The number of hydrogen-bond donors (Lipinski definition) is 1. The van der Waals surface area contributed by atoms with Gasteiger partial charge in [0.15, 0.2) is 0 Å². The van der Waals surface area contributed by atoms with Crippen molar-refractivity contribution in [2.24, 2.45) is 0 Å². The van der Waals surface area contributed by atoms with Gasteiger partial charge in [0.1, 0.15) is 0 Å². The highest BCUT2D eigenvalue weighted by atomic mass is 32.1. The Morgan fingerprint density at radius 2 is 2.07 bits per heavy atom. The number of aromatic nitrogens is 1. The summed E-state index contributed by atoms with van der Waals surface area (Å²) in [5.41, 5.74) is 1.25. The number of hydrogen-bond acceptors (Lipinski definition) is 3. The van der Waals surface area contributed by atoms with Crippen LogP contribution in [0, 0.1) is 0 Å². The molecule has 0 aliphatic carbocycles. The smallest absolute Gasteiger partial charge is 0.0925 e. The van der Waals surface area contributed by atoms with Crippen LogP contribution >= 0.6 is 11.3 Å². The molecule has 1 heterocycles. The third kappa shape index (κ3) is 4.31. The van der Waals surface area contributed by atoms with Crippen molar-refractivity contribution in [3.05, 3.63) is 16.1 Å². The van der Waals surface area contributed by atoms with Crippen LogP contribution < -0.4 is 5.32 Å². The highest BCUT2D eigenvalue weighted by molar-refractivity contribution is 7.09.